The largest absolute Gasteiger partial charge is 0.211 e. The second kappa shape index (κ2) is 12.6. The fourth-order valence-corrected chi connectivity index (χ4v) is 0. The zero-order chi connectivity index (χ0) is 2.71. The fraction of sp³-hybridized carbons (Fsp3) is 0. The molecule has 0 heterocycles. The van der Waals surface area contributed by atoms with Gasteiger partial charge in [-0.25, -0.2) is 0 Å². The van der Waals surface area contributed by atoms with E-state index in [4.69, 9.17) is 11.1 Å². The molecule has 0 saturated carbocycles. The van der Waals surface area contributed by atoms with E-state index in [-0.39, 0.29) is 19.5 Å². The van der Waals surface area contributed by atoms with Gasteiger partial charge in [0.25, 0.3) is 0 Å². The van der Waals surface area contributed by atoms with Crippen LogP contribution < -0.4 is 4.91 Å². The van der Waals surface area contributed by atoms with Crippen molar-refractivity contribution in [1.29, 1.82) is 11.1 Å². The minimum Gasteiger partial charge on any atom is 0 e. The number of nitrogens with zero attached hydrogens (tertiary/aromatic N) is 1. The van der Waals surface area contributed by atoms with Crippen LogP contribution in [0.4, 0.5) is 0 Å². The summed E-state index contributed by atoms with van der Waals surface area (Å²) < 4.78 is 0. The maximum Gasteiger partial charge on any atom is 0.211 e. The Kier molecular flexibility index (Phi) is 28.5. The first-order valence-corrected chi connectivity index (χ1v) is 0.447. The molecule has 0 unspecified atom stereocenters. The fourth-order valence-electron chi connectivity index (χ4n) is 0. The molecule has 0 aromatic carbocycles. The molecule has 0 bridgehead atoms. The molecule has 0 aromatic heterocycles. The third kappa shape index (κ3) is 379. The molecule has 0 radical (unpaired) electrons. The van der Waals surface area contributed by atoms with Crippen molar-refractivity contribution in [3.05, 3.63) is 0 Å². The summed E-state index contributed by atoms with van der Waals surface area (Å²) in [6.07, 6.45) is 0. The third-order valence-electron chi connectivity index (χ3n) is 0. The molecule has 0 aromatic rings. The van der Waals surface area contributed by atoms with Gasteiger partial charge in [-0.3, -0.25) is 0 Å². The van der Waals surface area contributed by atoms with Gasteiger partial charge >= 0.3 is 0 Å². The molecule has 0 aliphatic rings. The van der Waals surface area contributed by atoms with Crippen molar-refractivity contribution in [3.8, 4) is 0 Å². The monoisotopic (exact) mass is 108 g/mol. The van der Waals surface area contributed by atoms with E-state index < -0.39 is 0 Å². The molecule has 2 N–H and O–H groups in total. The average Bonchev–Trinajstić information content (AvgIpc) is 0.918. The van der Waals surface area contributed by atoms with Gasteiger partial charge < -0.3 is 0 Å². The van der Waals surface area contributed by atoms with Gasteiger partial charge in [-0.2, -0.15) is 0 Å². The summed E-state index contributed by atoms with van der Waals surface area (Å²) >= 11 is 0. The minimum atomic E-state index is 0. The molecular weight excluding hydrogens is 107 g/mol. The molecule has 0 saturated heterocycles. The summed E-state index contributed by atoms with van der Waals surface area (Å²) in [5.41, 5.74) is 11.0. The zero-order valence-corrected chi connectivity index (χ0v) is 5.12. The molecule has 0 spiro atoms. The van der Waals surface area contributed by atoms with Crippen LogP contribution in [0.1, 0.15) is 0 Å². The van der Waals surface area contributed by atoms with Crippen LogP contribution in [0.2, 0.25) is 0 Å². The smallest absolute Gasteiger partial charge is 0 e. The van der Waals surface area contributed by atoms with Crippen molar-refractivity contribution in [1.82, 2.24) is 4.91 Å². The summed E-state index contributed by atoms with van der Waals surface area (Å²) in [5.74, 6) is 0. The maximum atomic E-state index is 5.50. The number of hydrogen-bond donors (Lipinski definition) is 2. The first kappa shape index (κ1) is 9.05. The minimum absolute atomic E-state index is 0. The number of hydrogen-bond acceptors (Lipinski definition) is 2. The third-order valence-corrected chi connectivity index (χ3v) is 0. The number of rotatable bonds is 0. The molecule has 0 atom stereocenters. The van der Waals surface area contributed by atoms with Crippen molar-refractivity contribution in [2.45, 2.75) is 0 Å². The van der Waals surface area contributed by atoms with Gasteiger partial charge in [-0.05, 0) is 0 Å². The van der Waals surface area contributed by atoms with Crippen molar-refractivity contribution < 1.29 is 19.5 Å². The summed E-state index contributed by atoms with van der Waals surface area (Å²) in [5, 5.41) is 0. The normalized spacial score (nSPS) is 2.00. The Morgan fingerprint density at radius 1 is 1.25 bits per heavy atom. The van der Waals surface area contributed by atoms with Crippen molar-refractivity contribution in [2.75, 3.05) is 0 Å². The predicted octanol–water partition coefficient (Wildman–Crippen LogP) is 0.113. The Labute approximate surface area is 36.2 Å². The van der Waals surface area contributed by atoms with Crippen LogP contribution in [0.15, 0.2) is 0 Å². The van der Waals surface area contributed by atoms with E-state index in [1.807, 2.05) is 4.91 Å². The van der Waals surface area contributed by atoms with E-state index in [0.717, 1.165) is 0 Å². The molecule has 0 rings (SSSR count). The summed E-state index contributed by atoms with van der Waals surface area (Å²) in [7, 11) is 0. The average molecular weight is 109 g/mol. The van der Waals surface area contributed by atoms with E-state index in [2.05, 4.69) is 0 Å². The van der Waals surface area contributed by atoms with Crippen molar-refractivity contribution in [2.24, 2.45) is 0 Å². The summed E-state index contributed by atoms with van der Waals surface area (Å²) in [6, 6.07) is 0. The standard InChI is InChI=1S/H2N3.Zn/c1-3-2;/h1-2H;/q+1;. The molecule has 0 amide bonds. The Morgan fingerprint density at radius 2 is 1.25 bits per heavy atom. The van der Waals surface area contributed by atoms with Crippen LogP contribution in [-0.4, -0.2) is 0 Å². The van der Waals surface area contributed by atoms with Gasteiger partial charge in [0.15, 0.2) is 0 Å². The van der Waals surface area contributed by atoms with Crippen molar-refractivity contribution in [3.63, 3.8) is 0 Å². The second-order valence-electron chi connectivity index (χ2n) is 0.112. The summed E-state index contributed by atoms with van der Waals surface area (Å²) in [6.45, 7) is 0. The molecular formula is H2N3Zn+. The van der Waals surface area contributed by atoms with Gasteiger partial charge in [0.1, 0.15) is 11.1 Å². The Bertz CT molecular complexity index is 24.3. The molecule has 0 aliphatic heterocycles. The van der Waals surface area contributed by atoms with Crippen LogP contribution in [0, 0.1) is 11.1 Å². The molecule has 4 heavy (non-hydrogen) atoms. The van der Waals surface area contributed by atoms with Crippen LogP contribution in [-0.2, 0) is 19.5 Å². The number of nitrogens with one attached hydrogen (secondary N) is 2. The van der Waals surface area contributed by atoms with E-state index in [1.54, 1.807) is 0 Å². The van der Waals surface area contributed by atoms with E-state index in [0.29, 0.717) is 0 Å². The van der Waals surface area contributed by atoms with Gasteiger partial charge in [0, 0.05) is 19.5 Å². The van der Waals surface area contributed by atoms with Crippen LogP contribution in [0.25, 0.3) is 0 Å². The summed E-state index contributed by atoms with van der Waals surface area (Å²) in [4.78, 5) is 2.00. The van der Waals surface area contributed by atoms with Crippen LogP contribution in [0.5, 0.6) is 0 Å². The van der Waals surface area contributed by atoms with E-state index >= 15 is 0 Å². The molecule has 18 valence electrons. The maximum absolute atomic E-state index is 5.50. The quantitative estimate of drug-likeness (QED) is 0.252. The first-order valence-electron chi connectivity index (χ1n) is 0.447. The molecule has 4 heteroatoms. The SMILES string of the molecule is N=[N+]=N.[Zn]. The Hall–Kier alpha value is -0.0666. The Morgan fingerprint density at radius 3 is 1.25 bits per heavy atom. The Balaban J connectivity index is 0. The van der Waals surface area contributed by atoms with Crippen molar-refractivity contribution >= 4 is 0 Å². The van der Waals surface area contributed by atoms with Gasteiger partial charge in [-0.1, -0.05) is 0 Å². The van der Waals surface area contributed by atoms with E-state index in [1.165, 1.54) is 0 Å². The molecule has 0 fully saturated rings. The molecule has 0 aliphatic carbocycles. The van der Waals surface area contributed by atoms with Gasteiger partial charge in [-0.15, -0.1) is 0 Å². The van der Waals surface area contributed by atoms with Crippen LogP contribution >= 0.6 is 0 Å². The van der Waals surface area contributed by atoms with E-state index in [9.17, 15) is 0 Å². The van der Waals surface area contributed by atoms with Gasteiger partial charge in [0.05, 0.1) is 0 Å². The van der Waals surface area contributed by atoms with Crippen LogP contribution in [0.3, 0.4) is 0 Å². The van der Waals surface area contributed by atoms with Gasteiger partial charge in [0.2, 0.25) is 4.91 Å². The first-order chi connectivity index (χ1) is 1.41. The molecule has 3 nitrogen and oxygen atoms in total. The topological polar surface area (TPSA) is 61.8 Å². The predicted molar refractivity (Wildman–Crippen MR) is 7.57 cm³/mol. The second-order valence-corrected chi connectivity index (χ2v) is 0.112. The zero-order valence-electron chi connectivity index (χ0n) is 2.15.